The van der Waals surface area contributed by atoms with Crippen LogP contribution in [0.25, 0.3) is 33.8 Å². The van der Waals surface area contributed by atoms with Gasteiger partial charge in [0.25, 0.3) is 0 Å². The molecule has 2 aliphatic rings. The summed E-state index contributed by atoms with van der Waals surface area (Å²) in [4.78, 5) is 21.0. The fraction of sp³-hybridized carbons (Fsp3) is 0.462. The zero-order valence-corrected chi connectivity index (χ0v) is 23.2. The fourth-order valence-electron chi connectivity index (χ4n) is 5.59. The van der Waals surface area contributed by atoms with Crippen LogP contribution in [0.2, 0.25) is 0 Å². The molecule has 0 aliphatic carbocycles. The van der Waals surface area contributed by atoms with Crippen LogP contribution >= 0.6 is 12.4 Å². The number of nitrogens with one attached hydrogen (secondary N) is 1. The van der Waals surface area contributed by atoms with Gasteiger partial charge in [-0.05, 0) is 50.8 Å². The minimum atomic E-state index is 0. The maximum absolute atomic E-state index is 4.82. The van der Waals surface area contributed by atoms with Crippen molar-refractivity contribution in [2.75, 3.05) is 31.1 Å². The van der Waals surface area contributed by atoms with E-state index in [1.54, 1.807) is 17.1 Å². The third kappa shape index (κ3) is 5.26. The summed E-state index contributed by atoms with van der Waals surface area (Å²) in [6, 6.07) is 2.52. The molecule has 208 valence electrons. The molecular weight excluding hydrogens is 530 g/mol. The van der Waals surface area contributed by atoms with E-state index < -0.39 is 0 Å². The Balaban J connectivity index is 0.00000289. The molecule has 7 heterocycles. The molecule has 0 radical (unpaired) electrons. The molecule has 0 amide bonds. The van der Waals surface area contributed by atoms with E-state index >= 15 is 0 Å². The number of hydrogen-bond acceptors (Lipinski definition) is 10. The topological polar surface area (TPSA) is 133 Å². The Hall–Kier alpha value is -3.97. The maximum atomic E-state index is 4.82. The minimum Gasteiger partial charge on any atom is -0.340 e. The molecule has 5 aromatic heterocycles. The number of halogens is 1. The van der Waals surface area contributed by atoms with Crippen LogP contribution in [0.4, 0.5) is 5.95 Å². The first kappa shape index (κ1) is 26.3. The second kappa shape index (κ2) is 11.3. The molecule has 14 heteroatoms. The summed E-state index contributed by atoms with van der Waals surface area (Å²) in [6.45, 7) is 4.58. The van der Waals surface area contributed by atoms with Crippen molar-refractivity contribution in [3.63, 3.8) is 0 Å². The van der Waals surface area contributed by atoms with E-state index in [0.717, 1.165) is 80.3 Å². The van der Waals surface area contributed by atoms with Gasteiger partial charge in [0.2, 0.25) is 11.6 Å². The molecule has 2 fully saturated rings. The van der Waals surface area contributed by atoms with Crippen LogP contribution in [0.15, 0.2) is 43.2 Å². The minimum absolute atomic E-state index is 0. The summed E-state index contributed by atoms with van der Waals surface area (Å²) < 4.78 is 5.72. The predicted octanol–water partition coefficient (Wildman–Crippen LogP) is 2.54. The van der Waals surface area contributed by atoms with Crippen molar-refractivity contribution < 1.29 is 0 Å². The molecule has 0 aromatic carbocycles. The molecule has 1 atom stereocenters. The van der Waals surface area contributed by atoms with E-state index in [-0.39, 0.29) is 12.4 Å². The van der Waals surface area contributed by atoms with Crippen LogP contribution in [0.5, 0.6) is 0 Å². The summed E-state index contributed by atoms with van der Waals surface area (Å²) in [5.74, 6) is 1.12. The van der Waals surface area contributed by atoms with Crippen molar-refractivity contribution in [3.05, 3.63) is 43.2 Å². The van der Waals surface area contributed by atoms with Gasteiger partial charge in [-0.25, -0.2) is 24.6 Å². The zero-order valence-electron chi connectivity index (χ0n) is 22.3. The number of aryl methyl sites for hydroxylation is 1. The largest absolute Gasteiger partial charge is 0.340 e. The first-order valence-electron chi connectivity index (χ1n) is 13.6. The summed E-state index contributed by atoms with van der Waals surface area (Å²) >= 11 is 0. The molecule has 1 unspecified atom stereocenters. The van der Waals surface area contributed by atoms with Gasteiger partial charge in [-0.2, -0.15) is 10.2 Å². The summed E-state index contributed by atoms with van der Waals surface area (Å²) in [5.41, 5.74) is 4.79. The number of anilines is 1. The third-order valence-electron chi connectivity index (χ3n) is 7.69. The number of aromatic nitrogens is 11. The molecule has 7 rings (SSSR count). The Morgan fingerprint density at radius 1 is 0.975 bits per heavy atom. The molecule has 2 saturated heterocycles. The number of rotatable bonds is 6. The van der Waals surface area contributed by atoms with Crippen molar-refractivity contribution >= 4 is 29.6 Å². The number of nitrogens with zero attached hydrogens (tertiary/aromatic N) is 12. The molecular formula is C26H32ClN13. The summed E-state index contributed by atoms with van der Waals surface area (Å²) in [5, 5.41) is 21.1. The van der Waals surface area contributed by atoms with Crippen molar-refractivity contribution in [1.82, 2.24) is 59.8 Å². The van der Waals surface area contributed by atoms with Gasteiger partial charge in [0.15, 0.2) is 5.65 Å². The highest BCUT2D eigenvalue weighted by Crippen LogP contribution is 2.25. The van der Waals surface area contributed by atoms with Crippen LogP contribution in [0, 0.1) is 5.92 Å². The fourth-order valence-corrected chi connectivity index (χ4v) is 5.59. The van der Waals surface area contributed by atoms with Gasteiger partial charge in [-0.1, -0.05) is 5.21 Å². The van der Waals surface area contributed by atoms with Crippen molar-refractivity contribution in [1.29, 1.82) is 0 Å². The summed E-state index contributed by atoms with van der Waals surface area (Å²) in [7, 11) is 1.89. The average molecular weight is 562 g/mol. The lowest BCUT2D eigenvalue weighted by Crippen LogP contribution is -2.38. The second-order valence-electron chi connectivity index (χ2n) is 10.5. The van der Waals surface area contributed by atoms with Crippen LogP contribution < -0.4 is 10.2 Å². The SMILES string of the molecule is Cl.Cn1cc(-c2cnc3nnn(CC4CCCN(c5ncc(-c6ccn(C7CCNCC7)n6)cn5)C4)c3n2)cn1. The van der Waals surface area contributed by atoms with Crippen LogP contribution in [0.3, 0.4) is 0 Å². The van der Waals surface area contributed by atoms with Gasteiger partial charge in [-0.3, -0.25) is 9.36 Å². The number of piperidine rings is 2. The Bertz CT molecular complexity index is 1570. The van der Waals surface area contributed by atoms with E-state index in [1.807, 2.05) is 30.3 Å². The highest BCUT2D eigenvalue weighted by atomic mass is 35.5. The zero-order chi connectivity index (χ0) is 26.2. The van der Waals surface area contributed by atoms with E-state index in [9.17, 15) is 0 Å². The molecule has 0 bridgehead atoms. The monoisotopic (exact) mass is 561 g/mol. The van der Waals surface area contributed by atoms with E-state index in [0.29, 0.717) is 29.8 Å². The van der Waals surface area contributed by atoms with E-state index in [4.69, 9.17) is 20.1 Å². The second-order valence-corrected chi connectivity index (χ2v) is 10.5. The Morgan fingerprint density at radius 2 is 1.82 bits per heavy atom. The smallest absolute Gasteiger partial charge is 0.225 e. The van der Waals surface area contributed by atoms with Crippen molar-refractivity contribution in [3.8, 4) is 22.5 Å². The average Bonchev–Trinajstić information content (AvgIpc) is 3.74. The molecule has 40 heavy (non-hydrogen) atoms. The first-order chi connectivity index (χ1) is 19.2. The molecule has 5 aromatic rings. The van der Waals surface area contributed by atoms with Gasteiger partial charge in [-0.15, -0.1) is 17.5 Å². The van der Waals surface area contributed by atoms with Gasteiger partial charge in [0, 0.05) is 62.6 Å². The Labute approximate surface area is 237 Å². The quantitative estimate of drug-likeness (QED) is 0.329. The Kier molecular flexibility index (Phi) is 7.39. The van der Waals surface area contributed by atoms with Crippen LogP contribution in [0.1, 0.15) is 31.7 Å². The lowest BCUT2D eigenvalue weighted by atomic mass is 9.98. The maximum Gasteiger partial charge on any atom is 0.225 e. The molecule has 1 N–H and O–H groups in total. The summed E-state index contributed by atoms with van der Waals surface area (Å²) in [6.07, 6.45) is 15.7. The lowest BCUT2D eigenvalue weighted by molar-refractivity contribution is 0.343. The van der Waals surface area contributed by atoms with Gasteiger partial charge >= 0.3 is 0 Å². The molecule has 0 saturated carbocycles. The molecule has 2 aliphatic heterocycles. The van der Waals surface area contributed by atoms with Gasteiger partial charge in [0.05, 0.1) is 29.8 Å². The van der Waals surface area contributed by atoms with Crippen LogP contribution in [-0.2, 0) is 13.6 Å². The van der Waals surface area contributed by atoms with Crippen molar-refractivity contribution in [2.24, 2.45) is 13.0 Å². The van der Waals surface area contributed by atoms with E-state index in [1.165, 1.54) is 0 Å². The normalized spacial score (nSPS) is 18.2. The first-order valence-corrected chi connectivity index (χ1v) is 13.6. The van der Waals surface area contributed by atoms with Crippen LogP contribution in [-0.4, -0.2) is 80.7 Å². The van der Waals surface area contributed by atoms with Crippen molar-refractivity contribution in [2.45, 2.75) is 38.3 Å². The highest BCUT2D eigenvalue weighted by molar-refractivity contribution is 5.85. The number of hydrogen-bond donors (Lipinski definition) is 1. The molecule has 13 nitrogen and oxygen atoms in total. The lowest BCUT2D eigenvalue weighted by Gasteiger charge is -2.32. The molecule has 0 spiro atoms. The van der Waals surface area contributed by atoms with Gasteiger partial charge in [0.1, 0.15) is 0 Å². The highest BCUT2D eigenvalue weighted by Gasteiger charge is 2.24. The van der Waals surface area contributed by atoms with Gasteiger partial charge < -0.3 is 10.2 Å². The predicted molar refractivity (Wildman–Crippen MR) is 152 cm³/mol. The number of fused-ring (bicyclic) bond motifs is 1. The van der Waals surface area contributed by atoms with E-state index in [2.05, 4.69) is 47.6 Å². The third-order valence-corrected chi connectivity index (χ3v) is 7.69. The standard InChI is InChI=1S/C26H31N13.ClH/c1-36-17-20(13-31-36)23-14-28-24-25(32-23)39(35-33-24)16-18-3-2-9-37(15-18)26-29-11-19(12-30-26)22-6-10-38(34-22)21-4-7-27-8-5-21;/h6,10-14,17-18,21,27H,2-5,7-9,15-16H2,1H3;1H. The Morgan fingerprint density at radius 3 is 2.62 bits per heavy atom.